The van der Waals surface area contributed by atoms with Gasteiger partial charge in [0.25, 0.3) is 0 Å². The fourth-order valence-corrected chi connectivity index (χ4v) is 5.52. The maximum Gasteiger partial charge on any atom is 0.207 e. The minimum atomic E-state index is -3.67. The van der Waals surface area contributed by atoms with Crippen LogP contribution in [-0.4, -0.2) is 8.42 Å². The van der Waals surface area contributed by atoms with E-state index in [-0.39, 0.29) is 4.90 Å². The molecule has 0 fully saturated rings. The van der Waals surface area contributed by atoms with Gasteiger partial charge in [-0.15, -0.1) is 0 Å². The summed E-state index contributed by atoms with van der Waals surface area (Å²) in [4.78, 5) is 0.582. The van der Waals surface area contributed by atoms with Crippen molar-refractivity contribution < 1.29 is 8.42 Å². The number of fused-ring (bicyclic) bond motifs is 1. The summed E-state index contributed by atoms with van der Waals surface area (Å²) < 4.78 is 28.7. The monoisotopic (exact) mass is 500 g/mol. The van der Waals surface area contributed by atoms with E-state index in [1.54, 1.807) is 30.3 Å². The molecule has 27 heavy (non-hydrogen) atoms. The van der Waals surface area contributed by atoms with Crippen LogP contribution in [0.2, 0.25) is 0 Å². The number of sulfone groups is 1. The molecule has 4 rings (SSSR count). The molecule has 134 valence electrons. The Morgan fingerprint density at radius 2 is 1.15 bits per heavy atom. The van der Waals surface area contributed by atoms with E-state index >= 15 is 0 Å². The van der Waals surface area contributed by atoms with Crippen LogP contribution in [0.3, 0.4) is 0 Å². The van der Waals surface area contributed by atoms with Crippen molar-refractivity contribution in [2.75, 3.05) is 0 Å². The minimum absolute atomic E-state index is 0.285. The van der Waals surface area contributed by atoms with Crippen LogP contribution in [0.4, 0.5) is 0 Å². The van der Waals surface area contributed by atoms with Gasteiger partial charge in [0.05, 0.1) is 9.79 Å². The highest BCUT2D eigenvalue weighted by Gasteiger charge is 2.23. The van der Waals surface area contributed by atoms with Crippen molar-refractivity contribution in [3.8, 4) is 11.1 Å². The smallest absolute Gasteiger partial charge is 0.207 e. The normalized spacial score (nSPS) is 11.6. The van der Waals surface area contributed by atoms with E-state index in [0.717, 1.165) is 25.3 Å². The lowest BCUT2D eigenvalue weighted by molar-refractivity contribution is 0.596. The van der Waals surface area contributed by atoms with Crippen LogP contribution in [0, 0.1) is 0 Å². The summed E-state index contributed by atoms with van der Waals surface area (Å²) in [6.07, 6.45) is 0. The second kappa shape index (κ2) is 7.23. The van der Waals surface area contributed by atoms with Crippen molar-refractivity contribution in [1.82, 2.24) is 0 Å². The zero-order chi connectivity index (χ0) is 19.0. The molecule has 0 N–H and O–H groups in total. The third-order valence-corrected chi connectivity index (χ3v) is 7.63. The minimum Gasteiger partial charge on any atom is -0.218 e. The second-order valence-corrected chi connectivity index (χ2v) is 9.73. The largest absolute Gasteiger partial charge is 0.218 e. The predicted molar refractivity (Wildman–Crippen MR) is 117 cm³/mol. The zero-order valence-electron chi connectivity index (χ0n) is 14.1. The Hall–Kier alpha value is -1.95. The van der Waals surface area contributed by atoms with Crippen LogP contribution in [0.1, 0.15) is 0 Å². The van der Waals surface area contributed by atoms with Gasteiger partial charge in [-0.3, -0.25) is 0 Å². The van der Waals surface area contributed by atoms with Crippen molar-refractivity contribution in [3.63, 3.8) is 0 Å². The average Bonchev–Trinajstić information content (AvgIpc) is 2.71. The van der Waals surface area contributed by atoms with E-state index in [4.69, 9.17) is 0 Å². The fraction of sp³-hybridized carbons (Fsp3) is 0. The highest BCUT2D eigenvalue weighted by atomic mass is 79.9. The molecule has 0 aliphatic rings. The molecule has 0 bridgehead atoms. The highest BCUT2D eigenvalue weighted by Crippen LogP contribution is 2.39. The van der Waals surface area contributed by atoms with Gasteiger partial charge in [0.15, 0.2) is 0 Å². The van der Waals surface area contributed by atoms with Gasteiger partial charge in [-0.2, -0.15) is 0 Å². The fourth-order valence-electron chi connectivity index (χ4n) is 3.09. The molecule has 0 saturated carbocycles. The number of hydrogen-bond acceptors (Lipinski definition) is 2. The van der Waals surface area contributed by atoms with Crippen molar-refractivity contribution in [1.29, 1.82) is 0 Å². The zero-order valence-corrected chi connectivity index (χ0v) is 18.1. The Morgan fingerprint density at radius 1 is 0.630 bits per heavy atom. The molecular weight excluding hydrogens is 488 g/mol. The van der Waals surface area contributed by atoms with Gasteiger partial charge in [0.2, 0.25) is 9.84 Å². The van der Waals surface area contributed by atoms with Gasteiger partial charge in [0.1, 0.15) is 0 Å². The first-order valence-corrected chi connectivity index (χ1v) is 11.3. The lowest BCUT2D eigenvalue weighted by Crippen LogP contribution is -2.04. The van der Waals surface area contributed by atoms with Gasteiger partial charge in [-0.05, 0) is 52.7 Å². The predicted octanol–water partition coefficient (Wildman–Crippen LogP) is 6.86. The molecule has 0 unspecified atom stereocenters. The molecule has 0 aliphatic heterocycles. The Bertz CT molecular complexity index is 1240. The maximum absolute atomic E-state index is 13.4. The first kappa shape index (κ1) is 18.4. The molecular formula is C22H14Br2O2S. The second-order valence-electron chi connectivity index (χ2n) is 6.11. The van der Waals surface area contributed by atoms with Crippen molar-refractivity contribution in [2.45, 2.75) is 9.79 Å². The van der Waals surface area contributed by atoms with Crippen LogP contribution in [0.25, 0.3) is 21.9 Å². The first-order valence-electron chi connectivity index (χ1n) is 8.26. The first-order chi connectivity index (χ1) is 13.0. The van der Waals surface area contributed by atoms with Crippen LogP contribution < -0.4 is 0 Å². The SMILES string of the molecule is O=S(=O)(c1ccccc1)c1cc2c(Br)ccc(Br)c2cc1-c1ccccc1. The van der Waals surface area contributed by atoms with E-state index in [0.29, 0.717) is 10.5 Å². The van der Waals surface area contributed by atoms with Gasteiger partial charge in [0, 0.05) is 14.5 Å². The standard InChI is InChI=1S/C22H14Br2O2S/c23-20-11-12-21(24)19-14-22(27(25,26)16-9-5-2-6-10-16)17(13-18(19)20)15-7-3-1-4-8-15/h1-14H. The number of hydrogen-bond donors (Lipinski definition) is 0. The summed E-state index contributed by atoms with van der Waals surface area (Å²) >= 11 is 7.14. The molecule has 4 aromatic carbocycles. The molecule has 0 atom stereocenters. The van der Waals surface area contributed by atoms with Gasteiger partial charge in [-0.1, -0.05) is 80.4 Å². The summed E-state index contributed by atoms with van der Waals surface area (Å²) in [6, 6.07) is 25.7. The quantitative estimate of drug-likeness (QED) is 0.307. The molecule has 5 heteroatoms. The molecule has 0 radical (unpaired) electrons. The lowest BCUT2D eigenvalue weighted by Gasteiger charge is -2.14. The van der Waals surface area contributed by atoms with Crippen LogP contribution in [0.5, 0.6) is 0 Å². The summed E-state index contributed by atoms with van der Waals surface area (Å²) in [5.41, 5.74) is 1.55. The van der Waals surface area contributed by atoms with Gasteiger partial charge >= 0.3 is 0 Å². The number of benzene rings is 4. The Morgan fingerprint density at radius 3 is 1.74 bits per heavy atom. The van der Waals surface area contributed by atoms with E-state index < -0.39 is 9.84 Å². The number of rotatable bonds is 3. The molecule has 4 aromatic rings. The topological polar surface area (TPSA) is 34.1 Å². The molecule has 0 aromatic heterocycles. The lowest BCUT2D eigenvalue weighted by atomic mass is 10.0. The van der Waals surface area contributed by atoms with Gasteiger partial charge in [-0.25, -0.2) is 8.42 Å². The molecule has 0 amide bonds. The maximum atomic E-state index is 13.4. The Labute approximate surface area is 175 Å². The van der Waals surface area contributed by atoms with Crippen molar-refractivity contribution in [3.05, 3.63) is 93.9 Å². The Balaban J connectivity index is 2.11. The molecule has 0 saturated heterocycles. The molecule has 0 aliphatic carbocycles. The Kier molecular flexibility index (Phi) is 4.93. The highest BCUT2D eigenvalue weighted by molar-refractivity contribution is 9.11. The average molecular weight is 502 g/mol. The van der Waals surface area contributed by atoms with Crippen molar-refractivity contribution in [2.24, 2.45) is 0 Å². The van der Waals surface area contributed by atoms with Crippen LogP contribution >= 0.6 is 31.9 Å². The van der Waals surface area contributed by atoms with Crippen molar-refractivity contribution >= 4 is 52.5 Å². The molecule has 0 heterocycles. The summed E-state index contributed by atoms with van der Waals surface area (Å²) in [5, 5.41) is 1.80. The van der Waals surface area contributed by atoms with Crippen LogP contribution in [-0.2, 0) is 9.84 Å². The molecule has 2 nitrogen and oxygen atoms in total. The van der Waals surface area contributed by atoms with Gasteiger partial charge < -0.3 is 0 Å². The third kappa shape index (κ3) is 3.35. The van der Waals surface area contributed by atoms with E-state index in [2.05, 4.69) is 31.9 Å². The summed E-state index contributed by atoms with van der Waals surface area (Å²) in [5.74, 6) is 0. The van der Waals surface area contributed by atoms with Crippen LogP contribution in [0.15, 0.2) is 104 Å². The van der Waals surface area contributed by atoms with E-state index in [1.165, 1.54) is 0 Å². The third-order valence-electron chi connectivity index (χ3n) is 4.44. The summed E-state index contributed by atoms with van der Waals surface area (Å²) in [6.45, 7) is 0. The number of halogens is 2. The van der Waals surface area contributed by atoms with E-state index in [9.17, 15) is 8.42 Å². The van der Waals surface area contributed by atoms with E-state index in [1.807, 2.05) is 54.6 Å². The summed E-state index contributed by atoms with van der Waals surface area (Å²) in [7, 11) is -3.67. The molecule has 0 spiro atoms.